The number of hydrogen-bond acceptors (Lipinski definition) is 6. The molecule has 1 N–H and O–H groups in total. The summed E-state index contributed by atoms with van der Waals surface area (Å²) in [7, 11) is -0.980. The first kappa shape index (κ1) is 20.2. The van der Waals surface area contributed by atoms with Crippen molar-refractivity contribution in [1.29, 1.82) is 0 Å². The van der Waals surface area contributed by atoms with Crippen molar-refractivity contribution >= 4 is 32.8 Å². The van der Waals surface area contributed by atoms with Crippen LogP contribution < -0.4 is 4.74 Å². The fourth-order valence-electron chi connectivity index (χ4n) is 2.97. The Morgan fingerprint density at radius 2 is 2.11 bits per heavy atom. The van der Waals surface area contributed by atoms with E-state index in [-0.39, 0.29) is 40.1 Å². The Labute approximate surface area is 168 Å². The van der Waals surface area contributed by atoms with E-state index in [2.05, 4.69) is 15.4 Å². The zero-order chi connectivity index (χ0) is 20.3. The third-order valence-electron chi connectivity index (χ3n) is 4.47. The van der Waals surface area contributed by atoms with Crippen molar-refractivity contribution in [1.82, 2.24) is 9.78 Å². The number of aryl methyl sites for hydroxylation is 1. The average Bonchev–Trinajstić information content (AvgIpc) is 3.01. The topological polar surface area (TPSA) is 93.8 Å². The third-order valence-corrected chi connectivity index (χ3v) is 7.22. The van der Waals surface area contributed by atoms with Crippen LogP contribution in [0.2, 0.25) is 5.02 Å². The summed E-state index contributed by atoms with van der Waals surface area (Å²) in [6, 6.07) is 2.99. The van der Waals surface area contributed by atoms with Gasteiger partial charge in [-0.15, -0.1) is 6.42 Å². The number of ketones is 1. The van der Waals surface area contributed by atoms with E-state index in [1.807, 2.05) is 0 Å². The number of rotatable bonds is 5. The fourth-order valence-corrected chi connectivity index (χ4v) is 5.52. The monoisotopic (exact) mass is 421 g/mol. The van der Waals surface area contributed by atoms with E-state index in [0.29, 0.717) is 11.5 Å². The van der Waals surface area contributed by atoms with Crippen LogP contribution in [0.15, 0.2) is 22.7 Å². The molecule has 1 saturated heterocycles. The van der Waals surface area contributed by atoms with Gasteiger partial charge in [0.1, 0.15) is 23.6 Å². The standard InChI is InChI=1S/C19H20ClN3O4S/c1-3-9-27-15-8-7-13(18(24)14-12-21-23(2)19(14)25)16(20)17(15)22-28(26)10-5-4-6-11-28/h1,7-8,12,25H,4-6,9-11H2,2H3. The summed E-state index contributed by atoms with van der Waals surface area (Å²) < 4.78 is 24.2. The van der Waals surface area contributed by atoms with E-state index in [4.69, 9.17) is 22.8 Å². The molecule has 9 heteroatoms. The molecular formula is C19H20ClN3O4S. The molecule has 1 fully saturated rings. The Morgan fingerprint density at radius 1 is 1.39 bits per heavy atom. The highest BCUT2D eigenvalue weighted by Gasteiger charge is 2.24. The van der Waals surface area contributed by atoms with Crippen LogP contribution in [0.1, 0.15) is 35.2 Å². The molecule has 28 heavy (non-hydrogen) atoms. The Hall–Kier alpha value is -2.50. The van der Waals surface area contributed by atoms with Crippen molar-refractivity contribution in [3.8, 4) is 24.0 Å². The molecule has 1 aromatic heterocycles. The second-order valence-electron chi connectivity index (χ2n) is 6.43. The Morgan fingerprint density at radius 3 is 2.71 bits per heavy atom. The summed E-state index contributed by atoms with van der Waals surface area (Å²) in [5.41, 5.74) is 0.267. The number of halogens is 1. The molecule has 0 radical (unpaired) electrons. The minimum absolute atomic E-state index is 0.00879. The number of ether oxygens (including phenoxy) is 1. The number of carbonyl (C=O) groups is 1. The van der Waals surface area contributed by atoms with Crippen molar-refractivity contribution in [2.24, 2.45) is 11.4 Å². The largest absolute Gasteiger partial charge is 0.493 e. The molecule has 2 heterocycles. The SMILES string of the molecule is C#CCOc1ccc(C(=O)c2cnn(C)c2O)c(Cl)c1N=S1(=O)CCCCC1. The lowest BCUT2D eigenvalue weighted by atomic mass is 10.0. The van der Waals surface area contributed by atoms with E-state index in [9.17, 15) is 14.1 Å². The summed E-state index contributed by atoms with van der Waals surface area (Å²) in [4.78, 5) is 12.9. The van der Waals surface area contributed by atoms with Crippen molar-refractivity contribution in [3.63, 3.8) is 0 Å². The fraction of sp³-hybridized carbons (Fsp3) is 0.368. The van der Waals surface area contributed by atoms with Gasteiger partial charge in [-0.05, 0) is 25.0 Å². The molecule has 7 nitrogen and oxygen atoms in total. The number of terminal acetylenes is 1. The Balaban J connectivity index is 2.13. The Bertz CT molecular complexity index is 1070. The molecule has 0 atom stereocenters. The average molecular weight is 422 g/mol. The van der Waals surface area contributed by atoms with E-state index in [1.54, 1.807) is 0 Å². The maximum Gasteiger partial charge on any atom is 0.220 e. The van der Waals surface area contributed by atoms with Crippen LogP contribution in [0.5, 0.6) is 11.6 Å². The van der Waals surface area contributed by atoms with Gasteiger partial charge in [0.05, 0.1) is 20.9 Å². The van der Waals surface area contributed by atoms with E-state index in [1.165, 1.54) is 30.1 Å². The van der Waals surface area contributed by atoms with Crippen LogP contribution >= 0.6 is 11.6 Å². The molecule has 148 valence electrons. The molecule has 0 unspecified atom stereocenters. The van der Waals surface area contributed by atoms with Crippen LogP contribution in [0.4, 0.5) is 5.69 Å². The molecule has 1 aliphatic rings. The molecule has 0 bridgehead atoms. The van der Waals surface area contributed by atoms with Crippen molar-refractivity contribution < 1.29 is 18.8 Å². The number of benzene rings is 1. The summed E-state index contributed by atoms with van der Waals surface area (Å²) in [6.45, 7) is -0.0171. The maximum atomic E-state index is 13.1. The Kier molecular flexibility index (Phi) is 5.96. The van der Waals surface area contributed by atoms with Crippen LogP contribution in [0, 0.1) is 12.3 Å². The van der Waals surface area contributed by atoms with E-state index in [0.717, 1.165) is 19.3 Å². The molecule has 0 aliphatic carbocycles. The van der Waals surface area contributed by atoms with Crippen molar-refractivity contribution in [2.75, 3.05) is 18.1 Å². The molecule has 0 amide bonds. The molecular weight excluding hydrogens is 402 g/mol. The zero-order valence-corrected chi connectivity index (χ0v) is 16.9. The second kappa shape index (κ2) is 8.25. The second-order valence-corrected chi connectivity index (χ2v) is 9.36. The van der Waals surface area contributed by atoms with Gasteiger partial charge in [0.25, 0.3) is 0 Å². The summed E-state index contributed by atoms with van der Waals surface area (Å²) in [5, 5.41) is 13.9. The van der Waals surface area contributed by atoms with Crippen LogP contribution in [0.25, 0.3) is 0 Å². The highest BCUT2D eigenvalue weighted by molar-refractivity contribution is 7.93. The first-order valence-electron chi connectivity index (χ1n) is 8.73. The van der Waals surface area contributed by atoms with Gasteiger partial charge < -0.3 is 9.84 Å². The normalized spacial score (nSPS) is 15.6. The van der Waals surface area contributed by atoms with E-state index < -0.39 is 15.5 Å². The number of aromatic nitrogens is 2. The smallest absolute Gasteiger partial charge is 0.220 e. The van der Waals surface area contributed by atoms with Crippen LogP contribution in [0.3, 0.4) is 0 Å². The molecule has 1 aliphatic heterocycles. The minimum Gasteiger partial charge on any atom is -0.493 e. The first-order valence-corrected chi connectivity index (χ1v) is 11.0. The highest BCUT2D eigenvalue weighted by atomic mass is 35.5. The molecule has 3 rings (SSSR count). The van der Waals surface area contributed by atoms with Gasteiger partial charge in [0, 0.05) is 24.1 Å². The predicted octanol–water partition coefficient (Wildman–Crippen LogP) is 3.31. The molecule has 0 spiro atoms. The number of carbonyl (C=O) groups excluding carboxylic acids is 1. The zero-order valence-electron chi connectivity index (χ0n) is 15.4. The summed E-state index contributed by atoms with van der Waals surface area (Å²) in [6.07, 6.45) is 9.18. The summed E-state index contributed by atoms with van der Waals surface area (Å²) >= 11 is 6.50. The van der Waals surface area contributed by atoms with Crippen LogP contribution in [-0.2, 0) is 16.8 Å². The van der Waals surface area contributed by atoms with Gasteiger partial charge in [-0.3, -0.25) is 4.79 Å². The molecule has 2 aromatic rings. The van der Waals surface area contributed by atoms with Gasteiger partial charge in [-0.25, -0.2) is 8.89 Å². The lowest BCUT2D eigenvalue weighted by Gasteiger charge is -2.17. The number of nitrogens with zero attached hydrogens (tertiary/aromatic N) is 3. The van der Waals surface area contributed by atoms with E-state index >= 15 is 0 Å². The lowest BCUT2D eigenvalue weighted by Crippen LogP contribution is -2.16. The maximum absolute atomic E-state index is 13.1. The highest BCUT2D eigenvalue weighted by Crippen LogP contribution is 2.40. The number of aromatic hydroxyl groups is 1. The van der Waals surface area contributed by atoms with Gasteiger partial charge in [0.15, 0.2) is 0 Å². The van der Waals surface area contributed by atoms with Gasteiger partial charge in [0.2, 0.25) is 11.7 Å². The van der Waals surface area contributed by atoms with Gasteiger partial charge in [-0.2, -0.15) is 9.46 Å². The third kappa shape index (κ3) is 4.01. The predicted molar refractivity (Wildman–Crippen MR) is 108 cm³/mol. The first-order chi connectivity index (χ1) is 13.4. The minimum atomic E-state index is -2.49. The van der Waals surface area contributed by atoms with Crippen LogP contribution in [-0.4, -0.2) is 43.0 Å². The molecule has 1 aromatic carbocycles. The van der Waals surface area contributed by atoms with Gasteiger partial charge in [-0.1, -0.05) is 23.9 Å². The van der Waals surface area contributed by atoms with Crippen molar-refractivity contribution in [3.05, 3.63) is 34.5 Å². The van der Waals surface area contributed by atoms with Crippen molar-refractivity contribution in [2.45, 2.75) is 19.3 Å². The summed E-state index contributed by atoms with van der Waals surface area (Å²) in [5.74, 6) is 2.78. The quantitative estimate of drug-likeness (QED) is 0.590. The van der Waals surface area contributed by atoms with Gasteiger partial charge >= 0.3 is 0 Å². The molecule has 0 saturated carbocycles. The lowest BCUT2D eigenvalue weighted by molar-refractivity contribution is 0.103. The number of hydrogen-bond donors (Lipinski definition) is 1.